The summed E-state index contributed by atoms with van der Waals surface area (Å²) in [4.78, 5) is 17.7. The van der Waals surface area contributed by atoms with Crippen molar-refractivity contribution in [2.24, 2.45) is 4.99 Å². The van der Waals surface area contributed by atoms with E-state index in [4.69, 9.17) is 9.47 Å². The van der Waals surface area contributed by atoms with Gasteiger partial charge in [0, 0.05) is 60.4 Å². The minimum absolute atomic E-state index is 0. The lowest BCUT2D eigenvalue weighted by Crippen LogP contribution is -2.51. The number of methoxy groups -OCH3 is 1. The zero-order chi connectivity index (χ0) is 17.1. The molecule has 0 saturated carbocycles. The van der Waals surface area contributed by atoms with Crippen molar-refractivity contribution in [3.8, 4) is 0 Å². The first-order valence-corrected chi connectivity index (χ1v) is 8.38. The molecule has 8 heteroatoms. The molecule has 0 bridgehead atoms. The maximum Gasteiger partial charge on any atom is 0.243 e. The highest BCUT2D eigenvalue weighted by molar-refractivity contribution is 14.0. The van der Waals surface area contributed by atoms with E-state index in [1.807, 2.05) is 0 Å². The van der Waals surface area contributed by atoms with Crippen LogP contribution in [0.25, 0.3) is 0 Å². The second-order valence-corrected chi connectivity index (χ2v) is 6.09. The highest BCUT2D eigenvalue weighted by Crippen LogP contribution is 2.23. The Labute approximate surface area is 162 Å². The van der Waals surface area contributed by atoms with Crippen LogP contribution in [0.3, 0.4) is 0 Å². The Hall–Kier alpha value is -0.610. The number of nitrogens with zero attached hydrogens (tertiary/aromatic N) is 2. The van der Waals surface area contributed by atoms with E-state index in [-0.39, 0.29) is 42.0 Å². The summed E-state index contributed by atoms with van der Waals surface area (Å²) in [5.41, 5.74) is -0.225. The number of likely N-dealkylation sites (N-methyl/N-ethyl adjacent to an activating group) is 1. The van der Waals surface area contributed by atoms with Crippen LogP contribution in [0.1, 0.15) is 32.6 Å². The van der Waals surface area contributed by atoms with Crippen LogP contribution >= 0.6 is 24.0 Å². The van der Waals surface area contributed by atoms with Crippen LogP contribution in [0.2, 0.25) is 0 Å². The van der Waals surface area contributed by atoms with Crippen molar-refractivity contribution in [2.45, 2.75) is 38.2 Å². The number of amides is 1. The summed E-state index contributed by atoms with van der Waals surface area (Å²) in [6.45, 7) is 5.19. The monoisotopic (exact) mass is 456 g/mol. The molecule has 1 heterocycles. The van der Waals surface area contributed by atoms with Gasteiger partial charge in [0.15, 0.2) is 5.96 Å². The smallest absolute Gasteiger partial charge is 0.243 e. The normalized spacial score (nSPS) is 16.9. The molecule has 0 aromatic heterocycles. The summed E-state index contributed by atoms with van der Waals surface area (Å²) in [6, 6.07) is 0. The molecule has 0 aliphatic carbocycles. The Morgan fingerprint density at radius 2 is 1.96 bits per heavy atom. The molecule has 2 N–H and O–H groups in total. The van der Waals surface area contributed by atoms with Crippen LogP contribution in [-0.4, -0.2) is 76.4 Å². The average molecular weight is 456 g/mol. The third kappa shape index (κ3) is 8.48. The van der Waals surface area contributed by atoms with Crippen LogP contribution < -0.4 is 10.6 Å². The molecule has 0 aromatic carbocycles. The van der Waals surface area contributed by atoms with E-state index in [2.05, 4.69) is 22.5 Å². The molecule has 142 valence electrons. The molecule has 0 spiro atoms. The highest BCUT2D eigenvalue weighted by atomic mass is 127. The van der Waals surface area contributed by atoms with Crippen molar-refractivity contribution in [3.63, 3.8) is 0 Å². The molecule has 1 saturated heterocycles. The fraction of sp³-hybridized carbons (Fsp3) is 0.875. The molecule has 1 aliphatic heterocycles. The van der Waals surface area contributed by atoms with Crippen molar-refractivity contribution in [3.05, 3.63) is 0 Å². The minimum atomic E-state index is -0.225. The summed E-state index contributed by atoms with van der Waals surface area (Å²) in [7, 11) is 5.21. The van der Waals surface area contributed by atoms with Crippen LogP contribution in [0.15, 0.2) is 4.99 Å². The molecular weight excluding hydrogens is 423 g/mol. The Kier molecular flexibility index (Phi) is 12.4. The van der Waals surface area contributed by atoms with E-state index in [1.54, 1.807) is 26.1 Å². The van der Waals surface area contributed by atoms with Crippen molar-refractivity contribution in [1.82, 2.24) is 15.5 Å². The average Bonchev–Trinajstić information content (AvgIpc) is 2.57. The molecule has 1 rings (SSSR count). The Morgan fingerprint density at radius 3 is 2.50 bits per heavy atom. The van der Waals surface area contributed by atoms with Gasteiger partial charge in [-0.05, 0) is 6.42 Å². The standard InChI is InChI=1S/C16H32N4O3.HI/c1-5-6-9-17-15(18-12-14(21)20(2)3)19-13-16(22-4)7-10-23-11-8-16;/h5-13H2,1-4H3,(H2,17,18,19);1H. The molecule has 0 radical (unpaired) electrons. The van der Waals surface area contributed by atoms with Crippen LogP contribution in [0.4, 0.5) is 0 Å². The van der Waals surface area contributed by atoms with Crippen molar-refractivity contribution in [2.75, 3.05) is 54.1 Å². The van der Waals surface area contributed by atoms with E-state index >= 15 is 0 Å². The number of nitrogens with one attached hydrogen (secondary N) is 2. The molecule has 24 heavy (non-hydrogen) atoms. The summed E-state index contributed by atoms with van der Waals surface area (Å²) in [5, 5.41) is 6.60. The highest BCUT2D eigenvalue weighted by Gasteiger charge is 2.32. The lowest BCUT2D eigenvalue weighted by atomic mass is 9.94. The Balaban J connectivity index is 0.00000529. The van der Waals surface area contributed by atoms with Crippen LogP contribution in [0.5, 0.6) is 0 Å². The van der Waals surface area contributed by atoms with Crippen molar-refractivity contribution in [1.29, 1.82) is 0 Å². The van der Waals surface area contributed by atoms with Gasteiger partial charge in [0.1, 0.15) is 6.54 Å². The zero-order valence-electron chi connectivity index (χ0n) is 15.4. The van der Waals surface area contributed by atoms with Gasteiger partial charge in [-0.3, -0.25) is 4.79 Å². The van der Waals surface area contributed by atoms with E-state index in [1.165, 1.54) is 0 Å². The van der Waals surface area contributed by atoms with Crippen LogP contribution in [0, 0.1) is 0 Å². The molecule has 1 amide bonds. The van der Waals surface area contributed by atoms with Gasteiger partial charge in [-0.25, -0.2) is 4.99 Å². The van der Waals surface area contributed by atoms with E-state index < -0.39 is 0 Å². The summed E-state index contributed by atoms with van der Waals surface area (Å²) < 4.78 is 11.1. The third-order valence-corrected chi connectivity index (χ3v) is 4.11. The number of guanidine groups is 1. The quantitative estimate of drug-likeness (QED) is 0.249. The lowest BCUT2D eigenvalue weighted by molar-refractivity contribution is -0.127. The molecular formula is C16H33IN4O3. The second kappa shape index (κ2) is 12.7. The predicted octanol–water partition coefficient (Wildman–Crippen LogP) is 1.22. The lowest BCUT2D eigenvalue weighted by Gasteiger charge is -2.36. The molecule has 1 fully saturated rings. The molecule has 0 atom stereocenters. The number of aliphatic imine (C=N–C) groups is 1. The van der Waals surface area contributed by atoms with Crippen molar-refractivity contribution < 1.29 is 14.3 Å². The first-order valence-electron chi connectivity index (χ1n) is 8.38. The van der Waals surface area contributed by atoms with Crippen LogP contribution in [-0.2, 0) is 14.3 Å². The SMILES string of the molecule is CCCCNC(=NCC(=O)N(C)C)NCC1(OC)CCOCC1.I. The maximum atomic E-state index is 11.7. The topological polar surface area (TPSA) is 75.2 Å². The number of unbranched alkanes of at least 4 members (excludes halogenated alkanes) is 1. The zero-order valence-corrected chi connectivity index (χ0v) is 17.7. The van der Waals surface area contributed by atoms with E-state index in [0.717, 1.165) is 32.2 Å². The van der Waals surface area contributed by atoms with Gasteiger partial charge in [-0.1, -0.05) is 13.3 Å². The first kappa shape index (κ1) is 23.4. The molecule has 7 nitrogen and oxygen atoms in total. The van der Waals surface area contributed by atoms with Gasteiger partial charge in [0.25, 0.3) is 0 Å². The number of halogens is 1. The summed E-state index contributed by atoms with van der Waals surface area (Å²) >= 11 is 0. The second-order valence-electron chi connectivity index (χ2n) is 6.09. The molecule has 0 aromatic rings. The maximum absolute atomic E-state index is 11.7. The van der Waals surface area contributed by atoms with Gasteiger partial charge < -0.3 is 25.0 Å². The fourth-order valence-corrected chi connectivity index (χ4v) is 2.29. The van der Waals surface area contributed by atoms with Gasteiger partial charge in [0.05, 0.1) is 5.60 Å². The number of hydrogen-bond acceptors (Lipinski definition) is 4. The largest absolute Gasteiger partial charge is 0.381 e. The molecule has 1 aliphatic rings. The molecule has 0 unspecified atom stereocenters. The van der Waals surface area contributed by atoms with E-state index in [9.17, 15) is 4.79 Å². The predicted molar refractivity (Wildman–Crippen MR) is 107 cm³/mol. The summed E-state index contributed by atoms with van der Waals surface area (Å²) in [5.74, 6) is 0.644. The number of hydrogen-bond donors (Lipinski definition) is 2. The Morgan fingerprint density at radius 1 is 1.29 bits per heavy atom. The number of rotatable bonds is 8. The first-order chi connectivity index (χ1) is 11.0. The number of carbonyl (C=O) groups excluding carboxylic acids is 1. The van der Waals surface area contributed by atoms with Gasteiger partial charge in [0.2, 0.25) is 5.91 Å². The van der Waals surface area contributed by atoms with Gasteiger partial charge in [-0.15, -0.1) is 24.0 Å². The van der Waals surface area contributed by atoms with E-state index in [0.29, 0.717) is 25.7 Å². The third-order valence-electron chi connectivity index (χ3n) is 4.11. The van der Waals surface area contributed by atoms with Gasteiger partial charge >= 0.3 is 0 Å². The van der Waals surface area contributed by atoms with Gasteiger partial charge in [-0.2, -0.15) is 0 Å². The minimum Gasteiger partial charge on any atom is -0.381 e. The fourth-order valence-electron chi connectivity index (χ4n) is 2.29. The summed E-state index contributed by atoms with van der Waals surface area (Å²) in [6.07, 6.45) is 3.88. The number of ether oxygens (including phenoxy) is 2. The Bertz CT molecular complexity index is 386. The number of carbonyl (C=O) groups is 1. The van der Waals surface area contributed by atoms with Crippen molar-refractivity contribution >= 4 is 35.8 Å².